The number of rotatable bonds is 7. The van der Waals surface area contributed by atoms with Crippen molar-refractivity contribution in [2.75, 3.05) is 6.61 Å². The monoisotopic (exact) mass is 485 g/mol. The number of aliphatic hydroxyl groups excluding tert-OH is 1. The Bertz CT molecular complexity index is 1380. The molecule has 14 heteroatoms. The number of nitrogens with one attached hydrogen (secondary N) is 1. The van der Waals surface area contributed by atoms with Crippen molar-refractivity contribution >= 4 is 57.2 Å². The number of carbonyl (C=O) groups is 1. The molecule has 1 aliphatic heterocycles. The van der Waals surface area contributed by atoms with Crippen molar-refractivity contribution in [3.63, 3.8) is 0 Å². The zero-order valence-corrected chi connectivity index (χ0v) is 18.8. The molecule has 1 fully saturated rings. The van der Waals surface area contributed by atoms with Crippen LogP contribution < -0.4 is 11.3 Å². The van der Waals surface area contributed by atoms with Gasteiger partial charge in [0.15, 0.2) is 25.2 Å². The van der Waals surface area contributed by atoms with E-state index in [9.17, 15) is 14.7 Å². The van der Waals surface area contributed by atoms with E-state index in [1.807, 2.05) is 30.3 Å². The second-order valence-electron chi connectivity index (χ2n) is 7.32. The molecule has 0 bridgehead atoms. The zero-order chi connectivity index (χ0) is 23.1. The molecule has 0 spiro atoms. The van der Waals surface area contributed by atoms with Crippen LogP contribution in [0.3, 0.4) is 0 Å². The first-order chi connectivity index (χ1) is 16.0. The Morgan fingerprint density at radius 2 is 2.12 bits per heavy atom. The van der Waals surface area contributed by atoms with Crippen molar-refractivity contribution in [3.8, 4) is 11.3 Å². The number of aliphatic hydroxyl groups is 1. The van der Waals surface area contributed by atoms with Crippen molar-refractivity contribution in [1.82, 2.24) is 23.9 Å². The molecule has 4 heterocycles. The Balaban J connectivity index is 1.61. The molecular formula is C19H17BN5O6PS. The van der Waals surface area contributed by atoms with Gasteiger partial charge in [-0.1, -0.05) is 30.3 Å². The van der Waals surface area contributed by atoms with E-state index in [1.54, 1.807) is 6.20 Å². The minimum atomic E-state index is -1.21. The van der Waals surface area contributed by atoms with E-state index in [1.165, 1.54) is 8.97 Å². The fourth-order valence-electron chi connectivity index (χ4n) is 3.97. The summed E-state index contributed by atoms with van der Waals surface area (Å²) in [6, 6.07) is 9.47. The molecule has 2 radical (unpaired) electrons. The van der Waals surface area contributed by atoms with Crippen LogP contribution in [0.25, 0.3) is 28.2 Å². The molecule has 5 rings (SSSR count). The smallest absolute Gasteiger partial charge is 0.293 e. The van der Waals surface area contributed by atoms with Gasteiger partial charge in [0.05, 0.1) is 19.4 Å². The van der Waals surface area contributed by atoms with Gasteiger partial charge in [-0.25, -0.2) is 9.38 Å². The van der Waals surface area contributed by atoms with Crippen LogP contribution in [0.5, 0.6) is 0 Å². The lowest BCUT2D eigenvalue weighted by Crippen LogP contribution is -2.36. The summed E-state index contributed by atoms with van der Waals surface area (Å²) < 4.78 is 18.9. The topological polar surface area (TPSA) is 133 Å². The largest absolute Gasteiger partial charge is 0.465 e. The molecule has 0 amide bonds. The Morgan fingerprint density at radius 3 is 2.85 bits per heavy atom. The van der Waals surface area contributed by atoms with Gasteiger partial charge in [0.1, 0.15) is 24.9 Å². The lowest BCUT2D eigenvalue weighted by molar-refractivity contribution is -0.134. The molecule has 0 saturated carbocycles. The van der Waals surface area contributed by atoms with Gasteiger partial charge in [0.2, 0.25) is 5.78 Å². The Labute approximate surface area is 194 Å². The van der Waals surface area contributed by atoms with Gasteiger partial charge < -0.3 is 24.1 Å². The van der Waals surface area contributed by atoms with Gasteiger partial charge in [0, 0.05) is 6.20 Å². The molecule has 5 unspecified atom stereocenters. The van der Waals surface area contributed by atoms with Gasteiger partial charge in [-0.15, -0.1) is 12.2 Å². The first-order valence-corrected chi connectivity index (χ1v) is 12.0. The van der Waals surface area contributed by atoms with Crippen molar-refractivity contribution in [2.24, 2.45) is 0 Å². The number of benzene rings is 1. The molecule has 1 saturated heterocycles. The highest BCUT2D eigenvalue weighted by Crippen LogP contribution is 2.36. The Morgan fingerprint density at radius 1 is 1.33 bits per heavy atom. The maximum absolute atomic E-state index is 13.1. The van der Waals surface area contributed by atoms with Gasteiger partial charge in [-0.05, 0) is 5.56 Å². The van der Waals surface area contributed by atoms with Gasteiger partial charge in [-0.3, -0.25) is 14.2 Å². The van der Waals surface area contributed by atoms with Crippen molar-refractivity contribution in [2.45, 2.75) is 24.5 Å². The number of imidazole rings is 2. The Kier molecular flexibility index (Phi) is 5.98. The summed E-state index contributed by atoms with van der Waals surface area (Å²) >= 11 is 4.06. The summed E-state index contributed by atoms with van der Waals surface area (Å²) in [7, 11) is 5.86. The second kappa shape index (κ2) is 8.92. The van der Waals surface area contributed by atoms with Crippen LogP contribution in [0, 0.1) is 0 Å². The standard InChI is InChI=1S/C19H17BN5O6PS/c20-18-22-12-15(25(18)17-13(27)14(31-32-33)11(30-17)7-29-8-26)23-19-21-10(6-24(19)16(12)28)9-4-2-1-3-5-9/h1-6,8,11,13-14,17,27,32-33H,7H2,(H,21,23). The van der Waals surface area contributed by atoms with Crippen LogP contribution in [-0.2, 0) is 18.8 Å². The molecule has 11 nitrogen and oxygen atoms in total. The van der Waals surface area contributed by atoms with Crippen LogP contribution in [0.1, 0.15) is 6.23 Å². The summed E-state index contributed by atoms with van der Waals surface area (Å²) in [6.07, 6.45) is -2.29. The van der Waals surface area contributed by atoms with Crippen LogP contribution in [-0.4, -0.2) is 68.3 Å². The molecule has 3 aromatic heterocycles. The van der Waals surface area contributed by atoms with E-state index in [2.05, 4.69) is 27.2 Å². The second-order valence-corrected chi connectivity index (χ2v) is 8.28. The van der Waals surface area contributed by atoms with Crippen LogP contribution >= 0.6 is 20.3 Å². The van der Waals surface area contributed by atoms with Gasteiger partial charge in [-0.2, -0.15) is 4.98 Å². The van der Waals surface area contributed by atoms with E-state index < -0.39 is 30.1 Å². The molecule has 2 N–H and O–H groups in total. The van der Waals surface area contributed by atoms with E-state index in [-0.39, 0.29) is 43.8 Å². The first-order valence-electron chi connectivity index (χ1n) is 9.81. The van der Waals surface area contributed by atoms with Crippen molar-refractivity contribution in [3.05, 3.63) is 46.9 Å². The molecule has 1 aliphatic rings. The molecular weight excluding hydrogens is 468 g/mol. The number of aromatic amines is 1. The molecule has 5 atom stereocenters. The first kappa shape index (κ1) is 22.1. The lowest BCUT2D eigenvalue weighted by Gasteiger charge is -2.19. The highest BCUT2D eigenvalue weighted by Gasteiger charge is 2.47. The molecule has 4 aromatic rings. The third kappa shape index (κ3) is 3.75. The zero-order valence-electron chi connectivity index (χ0n) is 16.9. The lowest BCUT2D eigenvalue weighted by atomic mass is 10.1. The fourth-order valence-corrected chi connectivity index (χ4v) is 4.75. The Hall–Kier alpha value is -2.70. The number of hydrogen-bond acceptors (Lipinski definition) is 9. The predicted molar refractivity (Wildman–Crippen MR) is 124 cm³/mol. The third-order valence-corrected chi connectivity index (χ3v) is 6.14. The predicted octanol–water partition coefficient (Wildman–Crippen LogP) is 0.0879. The average molecular weight is 485 g/mol. The minimum Gasteiger partial charge on any atom is -0.465 e. The number of carbonyl (C=O) groups excluding carboxylic acids is 1. The van der Waals surface area contributed by atoms with Crippen LogP contribution in [0.2, 0.25) is 0 Å². The van der Waals surface area contributed by atoms with Crippen LogP contribution in [0.15, 0.2) is 41.3 Å². The SMILES string of the molecule is [B]c1nc2c(=O)n3cc(-c4ccccc4)[nH]c3nc2n1C1OC(COC=O)C(OPS)C1O. The van der Waals surface area contributed by atoms with E-state index in [0.29, 0.717) is 5.69 Å². The number of nitrogens with zero attached hydrogens (tertiary/aromatic N) is 4. The number of thiol groups is 1. The summed E-state index contributed by atoms with van der Waals surface area (Å²) in [5.74, 6) is 0.269. The number of H-pyrrole nitrogens is 1. The number of fused-ring (bicyclic) bond motifs is 2. The summed E-state index contributed by atoms with van der Waals surface area (Å²) in [5.41, 5.74) is 1.21. The van der Waals surface area contributed by atoms with Crippen molar-refractivity contribution < 1.29 is 23.9 Å². The van der Waals surface area contributed by atoms with Gasteiger partial charge in [0.25, 0.3) is 12.0 Å². The normalized spacial score (nSPS) is 23.2. The summed E-state index contributed by atoms with van der Waals surface area (Å²) in [6.45, 7) is 0.128. The minimum absolute atomic E-state index is 0.0144. The quantitative estimate of drug-likeness (QED) is 0.145. The number of ether oxygens (including phenoxy) is 2. The molecule has 33 heavy (non-hydrogen) atoms. The van der Waals surface area contributed by atoms with E-state index in [4.69, 9.17) is 21.8 Å². The molecule has 0 aliphatic carbocycles. The molecule has 1 aromatic carbocycles. The maximum atomic E-state index is 13.1. The number of hydrogen-bond donors (Lipinski definition) is 3. The number of aromatic nitrogens is 5. The summed E-state index contributed by atoms with van der Waals surface area (Å²) in [5, 5.41) is 10.9. The maximum Gasteiger partial charge on any atom is 0.293 e. The highest BCUT2D eigenvalue weighted by molar-refractivity contribution is 8.36. The summed E-state index contributed by atoms with van der Waals surface area (Å²) in [4.78, 5) is 35.6. The average Bonchev–Trinajstić information content (AvgIpc) is 3.48. The van der Waals surface area contributed by atoms with Crippen molar-refractivity contribution in [1.29, 1.82) is 0 Å². The molecule has 168 valence electrons. The fraction of sp³-hybridized carbons (Fsp3) is 0.263. The van der Waals surface area contributed by atoms with E-state index >= 15 is 0 Å². The van der Waals surface area contributed by atoms with E-state index in [0.717, 1.165) is 5.56 Å². The van der Waals surface area contributed by atoms with Gasteiger partial charge >= 0.3 is 0 Å². The highest BCUT2D eigenvalue weighted by atomic mass is 32.7. The third-order valence-electron chi connectivity index (χ3n) is 5.45. The van der Waals surface area contributed by atoms with Crippen LogP contribution in [0.4, 0.5) is 0 Å².